The number of hydrogen-bond donors (Lipinski definition) is 1. The molecule has 2 aromatic heterocycles. The van der Waals surface area contributed by atoms with Crippen molar-refractivity contribution in [3.63, 3.8) is 0 Å². The summed E-state index contributed by atoms with van der Waals surface area (Å²) in [5.41, 5.74) is 4.96. The number of ether oxygens (including phenoxy) is 1. The first-order valence-corrected chi connectivity index (χ1v) is 12.2. The lowest BCUT2D eigenvalue weighted by atomic mass is 10.1. The van der Waals surface area contributed by atoms with E-state index in [-0.39, 0.29) is 5.91 Å². The Hall–Kier alpha value is -2.90. The number of carbonyl (C=O) groups is 1. The maximum Gasteiger partial charge on any atom is 0.266 e. The zero-order chi connectivity index (χ0) is 21.9. The zero-order valence-corrected chi connectivity index (χ0v) is 19.8. The molecule has 0 atom stereocenters. The number of thiophene rings is 1. The highest BCUT2D eigenvalue weighted by molar-refractivity contribution is 9.10. The van der Waals surface area contributed by atoms with Crippen LogP contribution in [0, 0.1) is 0 Å². The van der Waals surface area contributed by atoms with Gasteiger partial charge in [-0.05, 0) is 71.7 Å². The summed E-state index contributed by atoms with van der Waals surface area (Å²) in [6.45, 7) is 1.09. The minimum atomic E-state index is -0.160. The van der Waals surface area contributed by atoms with Crippen LogP contribution in [0.1, 0.15) is 38.3 Å². The largest absolute Gasteiger partial charge is 0.489 e. The van der Waals surface area contributed by atoms with E-state index < -0.39 is 0 Å². The van der Waals surface area contributed by atoms with Crippen LogP contribution in [-0.4, -0.2) is 15.7 Å². The molecule has 5 rings (SSSR count). The number of fused-ring (bicyclic) bond motifs is 1. The SMILES string of the molecule is O=C(Nc1ccn(Cc2ccc(Br)cc2)n1)c1cc(COc2ccc3c(c2)CCC3)cs1. The van der Waals surface area contributed by atoms with Gasteiger partial charge in [0.2, 0.25) is 0 Å². The molecule has 2 heterocycles. The minimum Gasteiger partial charge on any atom is -0.489 e. The summed E-state index contributed by atoms with van der Waals surface area (Å²) in [5.74, 6) is 1.27. The van der Waals surface area contributed by atoms with Crippen LogP contribution in [0.25, 0.3) is 0 Å². The van der Waals surface area contributed by atoms with E-state index >= 15 is 0 Å². The van der Waals surface area contributed by atoms with Gasteiger partial charge in [-0.1, -0.05) is 34.1 Å². The number of aromatic nitrogens is 2. The average Bonchev–Trinajstić information content (AvgIpc) is 3.54. The molecule has 1 aliphatic carbocycles. The van der Waals surface area contributed by atoms with Gasteiger partial charge in [-0.15, -0.1) is 11.3 Å². The third kappa shape index (κ3) is 4.95. The monoisotopic (exact) mass is 507 g/mol. The summed E-state index contributed by atoms with van der Waals surface area (Å²) in [4.78, 5) is 13.3. The lowest BCUT2D eigenvalue weighted by molar-refractivity contribution is 0.103. The molecular formula is C25H22BrN3O2S. The molecule has 0 fully saturated rings. The molecule has 0 saturated carbocycles. The summed E-state index contributed by atoms with van der Waals surface area (Å²) in [7, 11) is 0. The van der Waals surface area contributed by atoms with Gasteiger partial charge in [-0.3, -0.25) is 9.48 Å². The molecular weight excluding hydrogens is 486 g/mol. The highest BCUT2D eigenvalue weighted by Gasteiger charge is 2.13. The smallest absolute Gasteiger partial charge is 0.266 e. The Morgan fingerprint density at radius 1 is 1.06 bits per heavy atom. The molecule has 1 amide bonds. The van der Waals surface area contributed by atoms with Gasteiger partial charge < -0.3 is 10.1 Å². The summed E-state index contributed by atoms with van der Waals surface area (Å²) in [6.07, 6.45) is 5.39. The molecule has 0 bridgehead atoms. The Bertz CT molecular complexity index is 1250. The third-order valence-electron chi connectivity index (χ3n) is 5.49. The van der Waals surface area contributed by atoms with Crippen molar-refractivity contribution < 1.29 is 9.53 Å². The quantitative estimate of drug-likeness (QED) is 0.330. The van der Waals surface area contributed by atoms with Crippen molar-refractivity contribution in [1.29, 1.82) is 0 Å². The first-order valence-electron chi connectivity index (χ1n) is 10.5. The second kappa shape index (κ2) is 9.30. The molecule has 4 aromatic rings. The lowest BCUT2D eigenvalue weighted by Crippen LogP contribution is -2.11. The normalized spacial score (nSPS) is 12.5. The lowest BCUT2D eigenvalue weighted by Gasteiger charge is -2.07. The molecule has 0 radical (unpaired) electrons. The topological polar surface area (TPSA) is 56.2 Å². The number of amides is 1. The molecule has 32 heavy (non-hydrogen) atoms. The Morgan fingerprint density at radius 3 is 2.78 bits per heavy atom. The van der Waals surface area contributed by atoms with Crippen LogP contribution >= 0.6 is 27.3 Å². The molecule has 0 aliphatic heterocycles. The fourth-order valence-corrected chi connectivity index (χ4v) is 4.90. The molecule has 162 valence electrons. The average molecular weight is 508 g/mol. The van der Waals surface area contributed by atoms with Crippen molar-refractivity contribution in [2.24, 2.45) is 0 Å². The summed E-state index contributed by atoms with van der Waals surface area (Å²) in [5, 5.41) is 9.30. The summed E-state index contributed by atoms with van der Waals surface area (Å²) < 4.78 is 8.81. The molecule has 1 aliphatic rings. The van der Waals surface area contributed by atoms with Crippen LogP contribution in [0.4, 0.5) is 5.82 Å². The van der Waals surface area contributed by atoms with Gasteiger partial charge >= 0.3 is 0 Å². The Morgan fingerprint density at radius 2 is 1.91 bits per heavy atom. The number of carbonyl (C=O) groups excluding carboxylic acids is 1. The van der Waals surface area contributed by atoms with E-state index in [1.165, 1.54) is 35.3 Å². The van der Waals surface area contributed by atoms with Gasteiger partial charge in [0.25, 0.3) is 5.91 Å². The summed E-state index contributed by atoms with van der Waals surface area (Å²) >= 11 is 4.85. The number of nitrogens with zero attached hydrogens (tertiary/aromatic N) is 2. The van der Waals surface area contributed by atoms with Gasteiger partial charge in [0.1, 0.15) is 12.4 Å². The van der Waals surface area contributed by atoms with Gasteiger partial charge in [-0.2, -0.15) is 5.10 Å². The minimum absolute atomic E-state index is 0.160. The van der Waals surface area contributed by atoms with E-state index in [1.807, 2.05) is 58.7 Å². The molecule has 2 aromatic carbocycles. The zero-order valence-electron chi connectivity index (χ0n) is 17.4. The van der Waals surface area contributed by atoms with Gasteiger partial charge in [0.15, 0.2) is 5.82 Å². The van der Waals surface area contributed by atoms with Gasteiger partial charge in [-0.25, -0.2) is 0 Å². The molecule has 1 N–H and O–H groups in total. The van der Waals surface area contributed by atoms with Gasteiger partial charge in [0.05, 0.1) is 11.4 Å². The van der Waals surface area contributed by atoms with E-state index in [0.717, 1.165) is 27.8 Å². The first kappa shape index (κ1) is 21.0. The van der Waals surface area contributed by atoms with Crippen LogP contribution in [0.2, 0.25) is 0 Å². The number of nitrogens with one attached hydrogen (secondary N) is 1. The Kier molecular flexibility index (Phi) is 6.10. The number of rotatable bonds is 7. The van der Waals surface area contributed by atoms with Crippen LogP contribution in [0.3, 0.4) is 0 Å². The fraction of sp³-hybridized carbons (Fsp3) is 0.200. The van der Waals surface area contributed by atoms with E-state index in [1.54, 1.807) is 0 Å². The van der Waals surface area contributed by atoms with E-state index in [4.69, 9.17) is 4.74 Å². The standard InChI is InChI=1S/C25H22BrN3O2S/c26-21-7-4-17(5-8-21)14-29-11-10-24(28-29)27-25(30)23-12-18(16-32-23)15-31-22-9-6-19-2-1-3-20(19)13-22/h4-13,16H,1-3,14-15H2,(H,27,28,30). The molecule has 7 heteroatoms. The van der Waals surface area contributed by atoms with Crippen LogP contribution < -0.4 is 10.1 Å². The van der Waals surface area contributed by atoms with Crippen LogP contribution in [0.5, 0.6) is 5.75 Å². The number of halogens is 1. The molecule has 0 saturated heterocycles. The number of benzene rings is 2. The highest BCUT2D eigenvalue weighted by atomic mass is 79.9. The van der Waals surface area contributed by atoms with Crippen molar-refractivity contribution in [2.75, 3.05) is 5.32 Å². The van der Waals surface area contributed by atoms with Crippen LogP contribution in [0.15, 0.2) is 70.6 Å². The molecule has 5 nitrogen and oxygen atoms in total. The predicted molar refractivity (Wildman–Crippen MR) is 131 cm³/mol. The maximum atomic E-state index is 12.6. The molecule has 0 unspecified atom stereocenters. The van der Waals surface area contributed by atoms with Crippen LogP contribution in [-0.2, 0) is 26.0 Å². The molecule has 0 spiro atoms. The van der Waals surface area contributed by atoms with Crippen molar-refractivity contribution in [3.8, 4) is 5.75 Å². The van der Waals surface area contributed by atoms with Crippen molar-refractivity contribution in [3.05, 3.63) is 97.8 Å². The van der Waals surface area contributed by atoms with E-state index in [0.29, 0.717) is 23.8 Å². The summed E-state index contributed by atoms with van der Waals surface area (Å²) in [6, 6.07) is 18.1. The van der Waals surface area contributed by atoms with Crippen molar-refractivity contribution >= 4 is 39.0 Å². The fourth-order valence-electron chi connectivity index (χ4n) is 3.85. The number of anilines is 1. The number of hydrogen-bond acceptors (Lipinski definition) is 4. The van der Waals surface area contributed by atoms with Crippen molar-refractivity contribution in [1.82, 2.24) is 9.78 Å². The predicted octanol–water partition coefficient (Wildman–Crippen LogP) is 6.08. The second-order valence-corrected chi connectivity index (χ2v) is 9.70. The highest BCUT2D eigenvalue weighted by Crippen LogP contribution is 2.27. The Labute approximate surface area is 199 Å². The maximum absolute atomic E-state index is 12.6. The second-order valence-electron chi connectivity index (χ2n) is 7.87. The van der Waals surface area contributed by atoms with Gasteiger partial charge in [0, 0.05) is 22.3 Å². The number of aryl methyl sites for hydroxylation is 2. The van der Waals surface area contributed by atoms with Crippen molar-refractivity contribution in [2.45, 2.75) is 32.4 Å². The first-order chi connectivity index (χ1) is 15.6. The van der Waals surface area contributed by atoms with E-state index in [9.17, 15) is 4.79 Å². The third-order valence-corrected chi connectivity index (χ3v) is 7.00. The Balaban J connectivity index is 1.16. The van der Waals surface area contributed by atoms with E-state index in [2.05, 4.69) is 38.5 Å².